The highest BCUT2D eigenvalue weighted by Crippen LogP contribution is 2.55. The normalized spacial score (nSPS) is 15.6. The Kier molecular flexibility index (Phi) is 7.12. The van der Waals surface area contributed by atoms with Crippen LogP contribution in [-0.4, -0.2) is 12.6 Å². The summed E-state index contributed by atoms with van der Waals surface area (Å²) in [4.78, 5) is 0. The molecule has 4 nitrogen and oxygen atoms in total. The molecule has 0 N–H and O–H groups in total. The van der Waals surface area contributed by atoms with Crippen LogP contribution in [0.3, 0.4) is 0 Å². The van der Waals surface area contributed by atoms with Crippen LogP contribution in [0.1, 0.15) is 36.1 Å². The minimum atomic E-state index is -1.82. The maximum Gasteiger partial charge on any atom is 0.364 e. The third kappa shape index (κ3) is 4.58. The summed E-state index contributed by atoms with van der Waals surface area (Å²) in [5.41, 5.74) is 15.1. The summed E-state index contributed by atoms with van der Waals surface area (Å²) in [6.07, 6.45) is 3.64. The number of fused-ring (bicyclic) bond motifs is 16. The molecule has 1 unspecified atom stereocenters. The summed E-state index contributed by atoms with van der Waals surface area (Å²) in [5.74, 6) is 1.72. The Morgan fingerprint density at radius 2 is 1.41 bits per heavy atom. The number of aromatic nitrogens is 3. The van der Waals surface area contributed by atoms with Crippen LogP contribution in [0.4, 0.5) is 0 Å². The molecule has 0 fully saturated rings. The molecule has 0 radical (unpaired) electrons. The average molecular weight is 744 g/mol. The van der Waals surface area contributed by atoms with Gasteiger partial charge in [-0.3, -0.25) is 0 Å². The van der Waals surface area contributed by atoms with Crippen molar-refractivity contribution >= 4 is 46.2 Å². The van der Waals surface area contributed by atoms with E-state index in [4.69, 9.17) is 4.42 Å². The van der Waals surface area contributed by atoms with E-state index >= 15 is 0 Å². The lowest BCUT2D eigenvalue weighted by molar-refractivity contribution is -0.734. The van der Waals surface area contributed by atoms with E-state index in [1.54, 1.807) is 0 Å². The van der Waals surface area contributed by atoms with Gasteiger partial charge in [-0.1, -0.05) is 131 Å². The van der Waals surface area contributed by atoms with Gasteiger partial charge in [0, 0.05) is 22.0 Å². The lowest BCUT2D eigenvalue weighted by Crippen LogP contribution is -2.61. The molecule has 0 saturated heterocycles. The van der Waals surface area contributed by atoms with E-state index in [0.717, 1.165) is 34.9 Å². The Labute approximate surface area is 328 Å². The van der Waals surface area contributed by atoms with Gasteiger partial charge in [0.05, 0.1) is 24.8 Å². The van der Waals surface area contributed by atoms with Crippen molar-refractivity contribution in [2.45, 2.75) is 52.1 Å². The summed E-state index contributed by atoms with van der Waals surface area (Å²) >= 11 is 0. The number of hydrogen-bond donors (Lipinski definition) is 0. The zero-order valence-electron chi connectivity index (χ0n) is 32.7. The minimum absolute atomic E-state index is 0.546. The molecule has 0 bridgehead atoms. The third-order valence-corrected chi connectivity index (χ3v) is 14.3. The molecule has 11 rings (SSSR count). The standard InChI is InChI=1S/C51H45N3OSi/c1-33(2)28-37-30-45-40-29-36(35-18-10-7-11-19-35)24-26-41(40)51(53(45)32-47(37)56(3,4)5)42-27-25-39-38-20-12-15-23-46(38)55-49(39)48(42)50-52(31-34-16-8-6-9-17-34)43-21-13-14-22-44(43)54(50)51/h6-27,29-30,32-33H,28,31H2,1-5H3/q+2. The quantitative estimate of drug-likeness (QED) is 0.123. The molecule has 6 aromatic carbocycles. The Bertz CT molecular complexity index is 3040. The number of para-hydroxylation sites is 3. The molecular weight excluding hydrogens is 699 g/mol. The number of rotatable bonds is 6. The van der Waals surface area contributed by atoms with E-state index in [9.17, 15) is 0 Å². The smallest absolute Gasteiger partial charge is 0.364 e. The molecule has 5 heteroatoms. The number of hydrogen-bond acceptors (Lipinski definition) is 1. The molecule has 0 amide bonds. The topological polar surface area (TPSA) is 25.8 Å². The van der Waals surface area contributed by atoms with Crippen LogP contribution in [-0.2, 0) is 18.6 Å². The van der Waals surface area contributed by atoms with E-state index in [1.807, 2.05) is 0 Å². The molecular formula is C51H45N3OSi+2. The van der Waals surface area contributed by atoms with Crippen molar-refractivity contribution in [3.8, 4) is 33.8 Å². The van der Waals surface area contributed by atoms with E-state index in [0.29, 0.717) is 5.92 Å². The zero-order chi connectivity index (χ0) is 37.9. The van der Waals surface area contributed by atoms with Gasteiger partial charge in [-0.2, -0.15) is 4.57 Å². The van der Waals surface area contributed by atoms with Crippen LogP contribution in [0.2, 0.25) is 19.6 Å². The SMILES string of the molecule is CC(C)Cc1cc2[n+](cc1[Si](C)(C)C)C1(c3ccc(-c4ccccc4)cc3-2)c2ccc3c(oc4ccccc43)c2-c2n1c1ccccc1[n+]2Cc1ccccc1. The van der Waals surface area contributed by atoms with E-state index in [-0.39, 0.29) is 0 Å². The van der Waals surface area contributed by atoms with Gasteiger partial charge >= 0.3 is 11.5 Å². The average Bonchev–Trinajstić information content (AvgIpc) is 3.91. The van der Waals surface area contributed by atoms with Gasteiger partial charge in [-0.05, 0) is 77.1 Å². The lowest BCUT2D eigenvalue weighted by atomic mass is 9.87. The number of benzene rings is 6. The second-order valence-electron chi connectivity index (χ2n) is 17.3. The summed E-state index contributed by atoms with van der Waals surface area (Å²) in [6.45, 7) is 13.0. The Morgan fingerprint density at radius 1 is 0.696 bits per heavy atom. The Morgan fingerprint density at radius 3 is 2.20 bits per heavy atom. The predicted octanol–water partition coefficient (Wildman–Crippen LogP) is 10.8. The van der Waals surface area contributed by atoms with Crippen molar-refractivity contribution in [3.05, 3.63) is 174 Å². The van der Waals surface area contributed by atoms with Gasteiger partial charge in [0.2, 0.25) is 5.69 Å². The van der Waals surface area contributed by atoms with Crippen LogP contribution < -0.4 is 14.3 Å². The van der Waals surface area contributed by atoms with Gasteiger partial charge < -0.3 is 4.42 Å². The molecule has 0 saturated carbocycles. The fourth-order valence-electron chi connectivity index (χ4n) is 10.0. The van der Waals surface area contributed by atoms with Gasteiger partial charge in [0.25, 0.3) is 0 Å². The first-order valence-corrected chi connectivity index (χ1v) is 23.6. The highest BCUT2D eigenvalue weighted by Gasteiger charge is 2.67. The van der Waals surface area contributed by atoms with Crippen molar-refractivity contribution in [1.82, 2.24) is 4.57 Å². The number of nitrogens with zero attached hydrogens (tertiary/aromatic N) is 3. The number of furan rings is 1. The molecule has 2 aliphatic rings. The molecule has 0 aliphatic carbocycles. The van der Waals surface area contributed by atoms with Crippen molar-refractivity contribution in [3.63, 3.8) is 0 Å². The fourth-order valence-corrected chi connectivity index (χ4v) is 11.7. The van der Waals surface area contributed by atoms with Crippen LogP contribution in [0.5, 0.6) is 0 Å². The molecule has 56 heavy (non-hydrogen) atoms. The highest BCUT2D eigenvalue weighted by molar-refractivity contribution is 6.89. The largest absolute Gasteiger partial charge is 0.455 e. The fraction of sp³-hybridized carbons (Fsp3) is 0.176. The molecule has 272 valence electrons. The van der Waals surface area contributed by atoms with Crippen molar-refractivity contribution in [2.24, 2.45) is 5.92 Å². The summed E-state index contributed by atoms with van der Waals surface area (Å²) in [6, 6.07) is 53.8. The van der Waals surface area contributed by atoms with Crippen molar-refractivity contribution in [1.29, 1.82) is 0 Å². The second-order valence-corrected chi connectivity index (χ2v) is 22.3. The molecule has 1 atom stereocenters. The first-order valence-electron chi connectivity index (χ1n) is 20.1. The number of pyridine rings is 1. The summed E-state index contributed by atoms with van der Waals surface area (Å²) in [7, 11) is -1.82. The predicted molar refractivity (Wildman–Crippen MR) is 231 cm³/mol. The summed E-state index contributed by atoms with van der Waals surface area (Å²) in [5, 5.41) is 3.83. The minimum Gasteiger partial charge on any atom is -0.455 e. The first kappa shape index (κ1) is 33.3. The third-order valence-electron chi connectivity index (χ3n) is 12.3. The van der Waals surface area contributed by atoms with Gasteiger partial charge in [-0.15, -0.1) is 4.57 Å². The molecule has 3 aromatic heterocycles. The maximum atomic E-state index is 7.02. The van der Waals surface area contributed by atoms with Crippen LogP contribution >= 0.6 is 0 Å². The molecule has 2 aliphatic heterocycles. The monoisotopic (exact) mass is 743 g/mol. The summed E-state index contributed by atoms with van der Waals surface area (Å²) < 4.78 is 14.9. The Hall–Kier alpha value is -6.04. The maximum absolute atomic E-state index is 7.02. The zero-order valence-corrected chi connectivity index (χ0v) is 33.7. The first-order chi connectivity index (χ1) is 27.2. The van der Waals surface area contributed by atoms with Crippen molar-refractivity contribution in [2.75, 3.05) is 0 Å². The van der Waals surface area contributed by atoms with Gasteiger partial charge in [0.1, 0.15) is 17.7 Å². The highest BCUT2D eigenvalue weighted by atomic mass is 28.3. The molecule has 1 spiro atoms. The van der Waals surface area contributed by atoms with E-state index in [1.165, 1.54) is 72.2 Å². The Balaban J connectivity index is 1.34. The molecule has 9 aromatic rings. The van der Waals surface area contributed by atoms with Gasteiger partial charge in [0.15, 0.2) is 22.8 Å². The van der Waals surface area contributed by atoms with Crippen LogP contribution in [0.25, 0.3) is 66.7 Å². The molecule has 5 heterocycles. The second kappa shape index (κ2) is 12.0. The number of imidazole rings is 1. The van der Waals surface area contributed by atoms with Crippen LogP contribution in [0.15, 0.2) is 156 Å². The van der Waals surface area contributed by atoms with Crippen molar-refractivity contribution < 1.29 is 13.6 Å². The van der Waals surface area contributed by atoms with Crippen LogP contribution in [0, 0.1) is 5.92 Å². The van der Waals surface area contributed by atoms with E-state index < -0.39 is 13.7 Å². The van der Waals surface area contributed by atoms with E-state index in [2.05, 4.69) is 199 Å². The van der Waals surface area contributed by atoms with Gasteiger partial charge in [-0.25, -0.2) is 4.57 Å². The lowest BCUT2D eigenvalue weighted by Gasteiger charge is -2.24.